The average Bonchev–Trinajstić information content (AvgIpc) is 2.96. The van der Waals surface area contributed by atoms with Gasteiger partial charge in [-0.2, -0.15) is 0 Å². The van der Waals surface area contributed by atoms with Gasteiger partial charge >= 0.3 is 0 Å². The first-order valence-electron chi connectivity index (χ1n) is 10.4. The Morgan fingerprint density at radius 1 is 1.19 bits per heavy atom. The van der Waals surface area contributed by atoms with Crippen LogP contribution in [0.15, 0.2) is 18.2 Å². The maximum Gasteiger partial charge on any atom is 0.115 e. The van der Waals surface area contributed by atoms with Gasteiger partial charge in [0.05, 0.1) is 0 Å². The summed E-state index contributed by atoms with van der Waals surface area (Å²) in [5, 5.41) is 13.7. The van der Waals surface area contributed by atoms with Crippen LogP contribution in [-0.2, 0) is 0 Å². The number of hydrogen-bond acceptors (Lipinski definition) is 4. The predicted molar refractivity (Wildman–Crippen MR) is 111 cm³/mol. The molecule has 0 aliphatic heterocycles. The Morgan fingerprint density at radius 2 is 1.92 bits per heavy atom. The zero-order valence-electron chi connectivity index (χ0n) is 17.5. The molecule has 0 spiro atoms. The minimum atomic E-state index is 0.383. The summed E-state index contributed by atoms with van der Waals surface area (Å²) in [6.45, 7) is 11.2. The monoisotopic (exact) mass is 361 g/mol. The van der Waals surface area contributed by atoms with Gasteiger partial charge in [0.2, 0.25) is 0 Å². The van der Waals surface area contributed by atoms with Crippen LogP contribution < -0.4 is 5.32 Å². The van der Waals surface area contributed by atoms with Crippen LogP contribution in [0, 0.1) is 0 Å². The van der Waals surface area contributed by atoms with E-state index < -0.39 is 0 Å². The van der Waals surface area contributed by atoms with Gasteiger partial charge in [-0.1, -0.05) is 19.9 Å². The van der Waals surface area contributed by atoms with Crippen molar-refractivity contribution in [1.82, 2.24) is 15.1 Å². The topological polar surface area (TPSA) is 38.7 Å². The molecule has 0 bridgehead atoms. The second kappa shape index (κ2) is 10.3. The van der Waals surface area contributed by atoms with E-state index in [1.54, 1.807) is 0 Å². The van der Waals surface area contributed by atoms with Gasteiger partial charge in [0.25, 0.3) is 0 Å². The van der Waals surface area contributed by atoms with E-state index in [1.165, 1.54) is 30.4 Å². The molecule has 4 nitrogen and oxygen atoms in total. The van der Waals surface area contributed by atoms with Gasteiger partial charge in [-0.05, 0) is 102 Å². The molecule has 0 saturated heterocycles. The van der Waals surface area contributed by atoms with E-state index in [0.717, 1.165) is 32.6 Å². The van der Waals surface area contributed by atoms with Crippen LogP contribution in [-0.4, -0.2) is 61.2 Å². The van der Waals surface area contributed by atoms with Crippen LogP contribution in [0.2, 0.25) is 0 Å². The molecule has 0 heterocycles. The molecule has 0 aromatic heterocycles. The summed E-state index contributed by atoms with van der Waals surface area (Å²) >= 11 is 0. The van der Waals surface area contributed by atoms with E-state index >= 15 is 0 Å². The number of nitrogens with one attached hydrogen (secondary N) is 1. The van der Waals surface area contributed by atoms with Gasteiger partial charge in [0.1, 0.15) is 5.75 Å². The maximum atomic E-state index is 9.96. The molecule has 0 amide bonds. The first kappa shape index (κ1) is 21.2. The normalized spacial score (nSPS) is 20.7. The van der Waals surface area contributed by atoms with Crippen molar-refractivity contribution in [2.24, 2.45) is 0 Å². The minimum absolute atomic E-state index is 0.383. The molecule has 1 aliphatic rings. The lowest BCUT2D eigenvalue weighted by molar-refractivity contribution is 0.284. The van der Waals surface area contributed by atoms with Crippen LogP contribution in [0.3, 0.4) is 0 Å². The SMILES string of the molecule is CCN(CC)CCCNC1CC(CCC(C)N(C)C)c2ccc(O)cc21. The van der Waals surface area contributed by atoms with E-state index in [-0.39, 0.29) is 0 Å². The van der Waals surface area contributed by atoms with Crippen LogP contribution in [0.1, 0.15) is 69.5 Å². The Kier molecular flexibility index (Phi) is 8.39. The molecule has 3 atom stereocenters. The van der Waals surface area contributed by atoms with Crippen LogP contribution in [0.25, 0.3) is 0 Å². The molecular weight excluding hydrogens is 322 g/mol. The van der Waals surface area contributed by atoms with Gasteiger partial charge in [-0.15, -0.1) is 0 Å². The molecule has 3 unspecified atom stereocenters. The Hall–Kier alpha value is -1.10. The summed E-state index contributed by atoms with van der Waals surface area (Å²) in [4.78, 5) is 4.77. The third-order valence-corrected chi connectivity index (χ3v) is 6.16. The maximum absolute atomic E-state index is 9.96. The largest absolute Gasteiger partial charge is 0.508 e. The molecule has 2 N–H and O–H groups in total. The number of benzene rings is 1. The lowest BCUT2D eigenvalue weighted by Crippen LogP contribution is -2.28. The fourth-order valence-electron chi connectivity index (χ4n) is 4.06. The smallest absolute Gasteiger partial charge is 0.115 e. The van der Waals surface area contributed by atoms with E-state index in [1.807, 2.05) is 12.1 Å². The molecule has 0 fully saturated rings. The fourth-order valence-corrected chi connectivity index (χ4v) is 4.06. The first-order chi connectivity index (χ1) is 12.5. The summed E-state index contributed by atoms with van der Waals surface area (Å²) in [6, 6.07) is 6.97. The Balaban J connectivity index is 1.93. The van der Waals surface area contributed by atoms with Crippen LogP contribution in [0.4, 0.5) is 0 Å². The second-order valence-corrected chi connectivity index (χ2v) is 8.02. The molecule has 26 heavy (non-hydrogen) atoms. The highest BCUT2D eigenvalue weighted by molar-refractivity contribution is 5.42. The Labute approximate surface area is 160 Å². The van der Waals surface area contributed by atoms with Crippen molar-refractivity contribution in [3.8, 4) is 5.75 Å². The Bertz CT molecular complexity index is 542. The quantitative estimate of drug-likeness (QED) is 0.585. The zero-order valence-corrected chi connectivity index (χ0v) is 17.5. The van der Waals surface area contributed by atoms with Gasteiger partial charge in [0.15, 0.2) is 0 Å². The Morgan fingerprint density at radius 3 is 2.58 bits per heavy atom. The number of nitrogens with zero attached hydrogens (tertiary/aromatic N) is 2. The van der Waals surface area contributed by atoms with E-state index in [2.05, 4.69) is 56.0 Å². The van der Waals surface area contributed by atoms with Gasteiger partial charge in [-0.3, -0.25) is 0 Å². The fraction of sp³-hybridized carbons (Fsp3) is 0.727. The van der Waals surface area contributed by atoms with Gasteiger partial charge in [-0.25, -0.2) is 0 Å². The zero-order chi connectivity index (χ0) is 19.1. The number of fused-ring (bicyclic) bond motifs is 1. The molecule has 2 rings (SSSR count). The van der Waals surface area contributed by atoms with Crippen molar-refractivity contribution >= 4 is 0 Å². The van der Waals surface area contributed by atoms with Crippen molar-refractivity contribution in [3.63, 3.8) is 0 Å². The average molecular weight is 362 g/mol. The van der Waals surface area contributed by atoms with Crippen LogP contribution in [0.5, 0.6) is 5.75 Å². The molecule has 0 saturated carbocycles. The third-order valence-electron chi connectivity index (χ3n) is 6.16. The number of rotatable bonds is 11. The summed E-state index contributed by atoms with van der Waals surface area (Å²) in [5.41, 5.74) is 2.75. The molecule has 4 heteroatoms. The summed E-state index contributed by atoms with van der Waals surface area (Å²) in [6.07, 6.45) is 4.76. The number of phenolic OH excluding ortho intramolecular Hbond substituents is 1. The highest BCUT2D eigenvalue weighted by Crippen LogP contribution is 2.44. The van der Waals surface area contributed by atoms with Crippen molar-refractivity contribution in [2.45, 2.75) is 64.5 Å². The summed E-state index contributed by atoms with van der Waals surface area (Å²) in [5.74, 6) is 0.995. The highest BCUT2D eigenvalue weighted by atomic mass is 16.3. The van der Waals surface area contributed by atoms with Crippen molar-refractivity contribution < 1.29 is 5.11 Å². The van der Waals surface area contributed by atoms with Crippen molar-refractivity contribution in [3.05, 3.63) is 29.3 Å². The van der Waals surface area contributed by atoms with E-state index in [9.17, 15) is 5.11 Å². The van der Waals surface area contributed by atoms with E-state index in [0.29, 0.717) is 23.8 Å². The van der Waals surface area contributed by atoms with Crippen LogP contribution >= 0.6 is 0 Å². The van der Waals surface area contributed by atoms with E-state index in [4.69, 9.17) is 0 Å². The molecule has 1 aromatic carbocycles. The summed E-state index contributed by atoms with van der Waals surface area (Å²) < 4.78 is 0. The second-order valence-electron chi connectivity index (χ2n) is 8.02. The number of hydrogen-bond donors (Lipinski definition) is 2. The summed E-state index contributed by atoms with van der Waals surface area (Å²) in [7, 11) is 4.32. The molecule has 1 aromatic rings. The molecule has 148 valence electrons. The number of aromatic hydroxyl groups is 1. The molecule has 0 radical (unpaired) electrons. The first-order valence-corrected chi connectivity index (χ1v) is 10.4. The highest BCUT2D eigenvalue weighted by Gasteiger charge is 2.31. The lowest BCUT2D eigenvalue weighted by Gasteiger charge is -2.22. The van der Waals surface area contributed by atoms with Crippen molar-refractivity contribution in [1.29, 1.82) is 0 Å². The standard InChI is InChI=1S/C22H39N3O/c1-6-25(7-2)14-8-13-23-22-15-18(10-9-17(3)24(4)5)20-12-11-19(26)16-21(20)22/h11-12,16-18,22-23,26H,6-10,13-15H2,1-5H3. The molecule has 1 aliphatic carbocycles. The third kappa shape index (κ3) is 5.70. The predicted octanol–water partition coefficient (Wildman–Crippen LogP) is 3.97. The lowest BCUT2D eigenvalue weighted by atomic mass is 9.94. The van der Waals surface area contributed by atoms with Gasteiger partial charge < -0.3 is 20.2 Å². The number of phenols is 1. The van der Waals surface area contributed by atoms with Gasteiger partial charge in [0, 0.05) is 12.1 Å². The molecular formula is C22H39N3O. The van der Waals surface area contributed by atoms with Crippen molar-refractivity contribution in [2.75, 3.05) is 40.3 Å². The minimum Gasteiger partial charge on any atom is -0.508 e.